The van der Waals surface area contributed by atoms with Crippen LogP contribution in [0.2, 0.25) is 0 Å². The molecule has 0 bridgehead atoms. The Balaban J connectivity index is 2.01. The van der Waals surface area contributed by atoms with Crippen LogP contribution in [0.3, 0.4) is 0 Å². The molecule has 0 amide bonds. The fourth-order valence-corrected chi connectivity index (χ4v) is 2.55. The fourth-order valence-electron chi connectivity index (χ4n) is 2.55. The molecule has 2 heteroatoms. The van der Waals surface area contributed by atoms with E-state index in [2.05, 4.69) is 43.0 Å². The van der Waals surface area contributed by atoms with Gasteiger partial charge in [-0.1, -0.05) is 26.0 Å². The summed E-state index contributed by atoms with van der Waals surface area (Å²) in [6, 6.07) is 9.02. The minimum absolute atomic E-state index is 0.183. The standard InChI is InChI=1S/C15H24N2/c1-12(2)11-15(16)13-5-7-14(8-6-13)17-9-3-4-10-17/h5-8,12,15H,3-4,9-11,16H2,1-2H3/t15-/m1/s1. The van der Waals surface area contributed by atoms with Gasteiger partial charge in [-0.25, -0.2) is 0 Å². The highest BCUT2D eigenvalue weighted by Crippen LogP contribution is 2.24. The summed E-state index contributed by atoms with van der Waals surface area (Å²) in [5.74, 6) is 0.656. The first kappa shape index (κ1) is 12.4. The second-order valence-electron chi connectivity index (χ2n) is 5.52. The van der Waals surface area contributed by atoms with Crippen LogP contribution >= 0.6 is 0 Å². The highest BCUT2D eigenvalue weighted by atomic mass is 15.1. The van der Waals surface area contributed by atoms with Gasteiger partial charge in [0.15, 0.2) is 0 Å². The van der Waals surface area contributed by atoms with Crippen molar-refractivity contribution in [2.75, 3.05) is 18.0 Å². The Morgan fingerprint density at radius 2 is 1.71 bits per heavy atom. The second kappa shape index (κ2) is 5.54. The van der Waals surface area contributed by atoms with E-state index in [4.69, 9.17) is 5.73 Å². The molecule has 0 radical (unpaired) electrons. The maximum absolute atomic E-state index is 6.19. The van der Waals surface area contributed by atoms with E-state index in [1.807, 2.05) is 0 Å². The Kier molecular flexibility index (Phi) is 4.06. The molecule has 1 saturated heterocycles. The Morgan fingerprint density at radius 1 is 1.12 bits per heavy atom. The first-order chi connectivity index (χ1) is 8.16. The van der Waals surface area contributed by atoms with Crippen LogP contribution in [-0.2, 0) is 0 Å². The monoisotopic (exact) mass is 232 g/mol. The highest BCUT2D eigenvalue weighted by Gasteiger charge is 2.13. The van der Waals surface area contributed by atoms with Crippen molar-refractivity contribution in [3.05, 3.63) is 29.8 Å². The lowest BCUT2D eigenvalue weighted by molar-refractivity contribution is 0.510. The molecule has 2 nitrogen and oxygen atoms in total. The van der Waals surface area contributed by atoms with Crippen molar-refractivity contribution in [3.63, 3.8) is 0 Å². The zero-order chi connectivity index (χ0) is 12.3. The van der Waals surface area contributed by atoms with Gasteiger partial charge >= 0.3 is 0 Å². The Labute approximate surface area is 105 Å². The number of anilines is 1. The lowest BCUT2D eigenvalue weighted by atomic mass is 9.98. The van der Waals surface area contributed by atoms with Crippen LogP contribution in [0.15, 0.2) is 24.3 Å². The van der Waals surface area contributed by atoms with Gasteiger partial charge in [0, 0.05) is 24.8 Å². The van der Waals surface area contributed by atoms with Gasteiger partial charge in [0.2, 0.25) is 0 Å². The topological polar surface area (TPSA) is 29.3 Å². The average Bonchev–Trinajstić information content (AvgIpc) is 2.82. The molecule has 1 aliphatic heterocycles. The summed E-state index contributed by atoms with van der Waals surface area (Å²) in [4.78, 5) is 2.46. The van der Waals surface area contributed by atoms with Crippen molar-refractivity contribution < 1.29 is 0 Å². The summed E-state index contributed by atoms with van der Waals surface area (Å²) in [7, 11) is 0. The van der Waals surface area contributed by atoms with Crippen LogP contribution in [0.5, 0.6) is 0 Å². The number of benzene rings is 1. The van der Waals surface area contributed by atoms with Crippen molar-refractivity contribution in [1.29, 1.82) is 0 Å². The van der Waals surface area contributed by atoms with Crippen molar-refractivity contribution in [1.82, 2.24) is 0 Å². The predicted octanol–water partition coefficient (Wildman–Crippen LogP) is 3.33. The molecule has 0 aliphatic carbocycles. The molecule has 0 spiro atoms. The number of hydrogen-bond donors (Lipinski definition) is 1. The van der Waals surface area contributed by atoms with Gasteiger partial charge in [-0.2, -0.15) is 0 Å². The van der Waals surface area contributed by atoms with Crippen LogP contribution in [0.4, 0.5) is 5.69 Å². The molecule has 0 saturated carbocycles. The lowest BCUT2D eigenvalue weighted by Gasteiger charge is -2.19. The number of rotatable bonds is 4. The van der Waals surface area contributed by atoms with Gasteiger partial charge < -0.3 is 10.6 Å². The Bertz CT molecular complexity index is 336. The molecule has 1 aliphatic rings. The first-order valence-electron chi connectivity index (χ1n) is 6.77. The Morgan fingerprint density at radius 3 is 2.24 bits per heavy atom. The average molecular weight is 232 g/mol. The number of nitrogens with zero attached hydrogens (tertiary/aromatic N) is 1. The lowest BCUT2D eigenvalue weighted by Crippen LogP contribution is -2.18. The molecule has 1 fully saturated rings. The van der Waals surface area contributed by atoms with E-state index in [-0.39, 0.29) is 6.04 Å². The quantitative estimate of drug-likeness (QED) is 0.862. The van der Waals surface area contributed by atoms with Gasteiger partial charge in [0.1, 0.15) is 0 Å². The van der Waals surface area contributed by atoms with E-state index in [9.17, 15) is 0 Å². The van der Waals surface area contributed by atoms with Crippen molar-refractivity contribution in [2.24, 2.45) is 11.7 Å². The summed E-state index contributed by atoms with van der Waals surface area (Å²) in [6.07, 6.45) is 3.71. The largest absolute Gasteiger partial charge is 0.372 e. The minimum atomic E-state index is 0.183. The van der Waals surface area contributed by atoms with E-state index in [1.54, 1.807) is 0 Å². The molecular weight excluding hydrogens is 208 g/mol. The molecule has 0 unspecified atom stereocenters. The third-order valence-corrected chi connectivity index (χ3v) is 3.52. The van der Waals surface area contributed by atoms with Crippen LogP contribution in [0.1, 0.15) is 44.7 Å². The molecule has 0 aromatic heterocycles. The van der Waals surface area contributed by atoms with Gasteiger partial charge in [-0.05, 0) is 42.9 Å². The van der Waals surface area contributed by atoms with Gasteiger partial charge in [-0.15, -0.1) is 0 Å². The summed E-state index contributed by atoms with van der Waals surface area (Å²) in [5, 5.41) is 0. The van der Waals surface area contributed by atoms with Gasteiger partial charge in [0.25, 0.3) is 0 Å². The van der Waals surface area contributed by atoms with Crippen LogP contribution < -0.4 is 10.6 Å². The van der Waals surface area contributed by atoms with E-state index in [0.717, 1.165) is 6.42 Å². The van der Waals surface area contributed by atoms with Crippen LogP contribution in [-0.4, -0.2) is 13.1 Å². The van der Waals surface area contributed by atoms with E-state index in [1.165, 1.54) is 37.2 Å². The normalized spacial score (nSPS) is 17.8. The summed E-state index contributed by atoms with van der Waals surface area (Å²) < 4.78 is 0. The van der Waals surface area contributed by atoms with Gasteiger partial charge in [0.05, 0.1) is 0 Å². The minimum Gasteiger partial charge on any atom is -0.372 e. The van der Waals surface area contributed by atoms with Crippen LogP contribution in [0.25, 0.3) is 0 Å². The molecule has 94 valence electrons. The Hall–Kier alpha value is -1.02. The smallest absolute Gasteiger partial charge is 0.0366 e. The highest BCUT2D eigenvalue weighted by molar-refractivity contribution is 5.48. The summed E-state index contributed by atoms with van der Waals surface area (Å²) in [6.45, 7) is 6.85. The third kappa shape index (κ3) is 3.22. The molecular formula is C15H24N2. The zero-order valence-electron chi connectivity index (χ0n) is 11.0. The third-order valence-electron chi connectivity index (χ3n) is 3.52. The molecule has 2 rings (SSSR count). The molecule has 1 atom stereocenters. The zero-order valence-corrected chi connectivity index (χ0v) is 11.0. The van der Waals surface area contributed by atoms with Crippen molar-refractivity contribution in [3.8, 4) is 0 Å². The predicted molar refractivity (Wildman–Crippen MR) is 74.3 cm³/mol. The molecule has 1 aromatic carbocycles. The second-order valence-corrected chi connectivity index (χ2v) is 5.52. The first-order valence-corrected chi connectivity index (χ1v) is 6.77. The summed E-state index contributed by atoms with van der Waals surface area (Å²) >= 11 is 0. The molecule has 2 N–H and O–H groups in total. The number of nitrogens with two attached hydrogens (primary N) is 1. The van der Waals surface area contributed by atoms with E-state index < -0.39 is 0 Å². The number of hydrogen-bond acceptors (Lipinski definition) is 2. The SMILES string of the molecule is CC(C)C[C@@H](N)c1ccc(N2CCCC2)cc1. The van der Waals surface area contributed by atoms with Crippen molar-refractivity contribution >= 4 is 5.69 Å². The summed E-state index contributed by atoms with van der Waals surface area (Å²) in [5.41, 5.74) is 8.80. The fraction of sp³-hybridized carbons (Fsp3) is 0.600. The van der Waals surface area contributed by atoms with Gasteiger partial charge in [-0.3, -0.25) is 0 Å². The van der Waals surface area contributed by atoms with E-state index >= 15 is 0 Å². The molecule has 1 heterocycles. The molecule has 1 aromatic rings. The van der Waals surface area contributed by atoms with Crippen LogP contribution in [0, 0.1) is 5.92 Å². The van der Waals surface area contributed by atoms with Crippen molar-refractivity contribution in [2.45, 2.75) is 39.2 Å². The molecule has 17 heavy (non-hydrogen) atoms. The maximum Gasteiger partial charge on any atom is 0.0366 e. The maximum atomic E-state index is 6.19. The van der Waals surface area contributed by atoms with E-state index in [0.29, 0.717) is 5.92 Å².